The lowest BCUT2D eigenvalue weighted by Gasteiger charge is -2.09. The SMILES string of the molecule is CCOC(=O)c1c(-c2ccc(C)cc2)csc1NC(=O)CSc1nnc(C(F)(F)F)n1N. The third-order valence-electron chi connectivity index (χ3n) is 4.14. The van der Waals surface area contributed by atoms with E-state index in [1.165, 1.54) is 0 Å². The first-order chi connectivity index (χ1) is 15.1. The van der Waals surface area contributed by atoms with Crippen molar-refractivity contribution in [2.75, 3.05) is 23.5 Å². The molecule has 0 aliphatic rings. The highest BCUT2D eigenvalue weighted by atomic mass is 32.2. The number of alkyl halides is 3. The molecule has 0 bridgehead atoms. The van der Waals surface area contributed by atoms with Gasteiger partial charge in [-0.3, -0.25) is 4.79 Å². The Morgan fingerprint density at radius 3 is 2.53 bits per heavy atom. The lowest BCUT2D eigenvalue weighted by atomic mass is 10.0. The number of thioether (sulfide) groups is 1. The molecular weight excluding hydrogens is 467 g/mol. The minimum absolute atomic E-state index is 0.152. The predicted molar refractivity (Wildman–Crippen MR) is 115 cm³/mol. The van der Waals surface area contributed by atoms with Crippen LogP contribution in [0.3, 0.4) is 0 Å². The molecule has 0 aliphatic heterocycles. The first-order valence-corrected chi connectivity index (χ1v) is 11.0. The molecule has 1 aromatic carbocycles. The number of aryl methyl sites for hydroxylation is 1. The molecule has 0 saturated carbocycles. The molecule has 0 spiro atoms. The van der Waals surface area contributed by atoms with E-state index in [0.29, 0.717) is 17.3 Å². The second-order valence-corrected chi connectivity index (χ2v) is 8.27. The molecule has 170 valence electrons. The number of carbonyl (C=O) groups is 2. The number of halogens is 3. The molecule has 3 N–H and O–H groups in total. The fourth-order valence-corrected chi connectivity index (χ4v) is 4.29. The number of carbonyl (C=O) groups excluding carboxylic acids is 2. The molecule has 13 heteroatoms. The molecule has 32 heavy (non-hydrogen) atoms. The van der Waals surface area contributed by atoms with Gasteiger partial charge in [0.1, 0.15) is 10.6 Å². The van der Waals surface area contributed by atoms with Crippen LogP contribution in [0.25, 0.3) is 11.1 Å². The minimum Gasteiger partial charge on any atom is -0.462 e. The summed E-state index contributed by atoms with van der Waals surface area (Å²) < 4.78 is 43.7. The van der Waals surface area contributed by atoms with Gasteiger partial charge >= 0.3 is 12.1 Å². The monoisotopic (exact) mass is 485 g/mol. The Balaban J connectivity index is 1.78. The summed E-state index contributed by atoms with van der Waals surface area (Å²) in [6, 6.07) is 7.51. The van der Waals surface area contributed by atoms with Crippen molar-refractivity contribution >= 4 is 40.0 Å². The van der Waals surface area contributed by atoms with Crippen molar-refractivity contribution in [2.24, 2.45) is 0 Å². The van der Waals surface area contributed by atoms with Gasteiger partial charge in [-0.15, -0.1) is 21.5 Å². The highest BCUT2D eigenvalue weighted by Crippen LogP contribution is 2.36. The second-order valence-electron chi connectivity index (χ2n) is 6.45. The summed E-state index contributed by atoms with van der Waals surface area (Å²) in [5.41, 5.74) is 2.64. The van der Waals surface area contributed by atoms with E-state index < -0.39 is 23.9 Å². The molecule has 0 unspecified atom stereocenters. The molecular formula is C19H18F3N5O3S2. The molecule has 2 heterocycles. The third kappa shape index (κ3) is 5.22. The standard InChI is InChI=1S/C19H18F3N5O3S2/c1-3-30-16(29)14-12(11-6-4-10(2)5-7-11)8-31-15(14)24-13(28)9-32-18-26-25-17(27(18)23)19(20,21)22/h4-8H,3,9,23H2,1-2H3,(H,24,28). The number of aromatic nitrogens is 3. The molecule has 3 rings (SSSR count). The Hall–Kier alpha value is -3.06. The summed E-state index contributed by atoms with van der Waals surface area (Å²) in [5, 5.41) is 10.7. The van der Waals surface area contributed by atoms with Crippen LogP contribution in [0.2, 0.25) is 0 Å². The number of hydrogen-bond acceptors (Lipinski definition) is 8. The van der Waals surface area contributed by atoms with Crippen LogP contribution in [-0.2, 0) is 15.7 Å². The van der Waals surface area contributed by atoms with Crippen molar-refractivity contribution in [1.82, 2.24) is 14.9 Å². The molecule has 1 amide bonds. The van der Waals surface area contributed by atoms with Gasteiger partial charge in [-0.1, -0.05) is 41.6 Å². The van der Waals surface area contributed by atoms with Gasteiger partial charge in [0.25, 0.3) is 5.82 Å². The Morgan fingerprint density at radius 2 is 1.94 bits per heavy atom. The number of nitrogens with zero attached hydrogens (tertiary/aromatic N) is 3. The summed E-state index contributed by atoms with van der Waals surface area (Å²) in [4.78, 5) is 25.0. The van der Waals surface area contributed by atoms with E-state index in [4.69, 9.17) is 10.6 Å². The van der Waals surface area contributed by atoms with Crippen LogP contribution in [0, 0.1) is 6.92 Å². The number of esters is 1. The normalized spacial score (nSPS) is 11.4. The number of hydrogen-bond donors (Lipinski definition) is 2. The number of ether oxygens (including phenoxy) is 1. The summed E-state index contributed by atoms with van der Waals surface area (Å²) in [7, 11) is 0. The first kappa shape index (κ1) is 23.6. The van der Waals surface area contributed by atoms with E-state index in [1.54, 1.807) is 12.3 Å². The van der Waals surface area contributed by atoms with Crippen molar-refractivity contribution in [3.05, 3.63) is 46.6 Å². The van der Waals surface area contributed by atoms with E-state index in [-0.39, 0.29) is 32.8 Å². The van der Waals surface area contributed by atoms with Gasteiger partial charge in [-0.2, -0.15) is 13.2 Å². The number of rotatable bonds is 7. The first-order valence-electron chi connectivity index (χ1n) is 9.17. The van der Waals surface area contributed by atoms with Gasteiger partial charge in [-0.05, 0) is 19.4 Å². The van der Waals surface area contributed by atoms with Crippen molar-refractivity contribution < 1.29 is 27.5 Å². The van der Waals surface area contributed by atoms with Crippen LogP contribution in [0.15, 0.2) is 34.8 Å². The van der Waals surface area contributed by atoms with E-state index in [9.17, 15) is 22.8 Å². The van der Waals surface area contributed by atoms with Gasteiger partial charge in [0.2, 0.25) is 11.1 Å². The molecule has 0 radical (unpaired) electrons. The Morgan fingerprint density at radius 1 is 1.25 bits per heavy atom. The number of amides is 1. The van der Waals surface area contributed by atoms with Crippen LogP contribution in [0.5, 0.6) is 0 Å². The fourth-order valence-electron chi connectivity index (χ4n) is 2.66. The van der Waals surface area contributed by atoms with Gasteiger partial charge in [0, 0.05) is 10.9 Å². The van der Waals surface area contributed by atoms with Crippen molar-refractivity contribution in [2.45, 2.75) is 25.2 Å². The van der Waals surface area contributed by atoms with E-state index in [0.717, 1.165) is 22.5 Å². The van der Waals surface area contributed by atoms with Crippen LogP contribution in [0.1, 0.15) is 28.7 Å². The maximum absolute atomic E-state index is 12.8. The molecule has 0 saturated heterocycles. The number of nitrogens with one attached hydrogen (secondary N) is 1. The average molecular weight is 486 g/mol. The highest BCUT2D eigenvalue weighted by Gasteiger charge is 2.38. The Bertz CT molecular complexity index is 1130. The lowest BCUT2D eigenvalue weighted by Crippen LogP contribution is -2.22. The van der Waals surface area contributed by atoms with Gasteiger partial charge in [-0.25, -0.2) is 9.47 Å². The molecule has 2 aromatic heterocycles. The average Bonchev–Trinajstić information content (AvgIpc) is 3.30. The Kier molecular flexibility index (Phi) is 7.09. The van der Waals surface area contributed by atoms with Crippen molar-refractivity contribution in [3.8, 4) is 11.1 Å². The van der Waals surface area contributed by atoms with Gasteiger partial charge in [0.15, 0.2) is 0 Å². The topological polar surface area (TPSA) is 112 Å². The van der Waals surface area contributed by atoms with Crippen LogP contribution in [-0.4, -0.2) is 39.1 Å². The van der Waals surface area contributed by atoms with Crippen molar-refractivity contribution in [3.63, 3.8) is 0 Å². The van der Waals surface area contributed by atoms with Gasteiger partial charge in [0.05, 0.1) is 12.4 Å². The quantitative estimate of drug-likeness (QED) is 0.296. The largest absolute Gasteiger partial charge is 0.462 e. The molecule has 0 atom stereocenters. The van der Waals surface area contributed by atoms with Crippen LogP contribution >= 0.6 is 23.1 Å². The zero-order valence-corrected chi connectivity index (χ0v) is 18.5. The predicted octanol–water partition coefficient (Wildman–Crippen LogP) is 3.96. The lowest BCUT2D eigenvalue weighted by molar-refractivity contribution is -0.146. The summed E-state index contributed by atoms with van der Waals surface area (Å²) in [6.07, 6.45) is -4.76. The minimum atomic E-state index is -4.76. The molecule has 0 aliphatic carbocycles. The number of thiophene rings is 1. The smallest absolute Gasteiger partial charge is 0.453 e. The zero-order chi connectivity index (χ0) is 23.5. The highest BCUT2D eigenvalue weighted by molar-refractivity contribution is 7.99. The van der Waals surface area contributed by atoms with Crippen molar-refractivity contribution in [1.29, 1.82) is 0 Å². The van der Waals surface area contributed by atoms with E-state index in [1.807, 2.05) is 31.2 Å². The number of benzene rings is 1. The third-order valence-corrected chi connectivity index (χ3v) is 5.98. The molecule has 3 aromatic rings. The Labute approximate surface area is 188 Å². The second kappa shape index (κ2) is 9.61. The summed E-state index contributed by atoms with van der Waals surface area (Å²) >= 11 is 1.82. The van der Waals surface area contributed by atoms with Crippen LogP contribution < -0.4 is 11.2 Å². The van der Waals surface area contributed by atoms with Crippen LogP contribution in [0.4, 0.5) is 18.2 Å². The summed E-state index contributed by atoms with van der Waals surface area (Å²) in [5.74, 6) is 2.54. The molecule has 8 nitrogen and oxygen atoms in total. The maximum Gasteiger partial charge on any atom is 0.453 e. The number of nitrogen functional groups attached to an aromatic ring is 1. The van der Waals surface area contributed by atoms with Gasteiger partial charge < -0.3 is 15.9 Å². The summed E-state index contributed by atoms with van der Waals surface area (Å²) in [6.45, 7) is 3.76. The fraction of sp³-hybridized carbons (Fsp3) is 0.263. The zero-order valence-electron chi connectivity index (χ0n) is 16.9. The maximum atomic E-state index is 12.8. The van der Waals surface area contributed by atoms with E-state index >= 15 is 0 Å². The molecule has 0 fully saturated rings. The number of nitrogens with two attached hydrogens (primary N) is 1. The van der Waals surface area contributed by atoms with E-state index in [2.05, 4.69) is 15.5 Å². The number of anilines is 1.